The van der Waals surface area contributed by atoms with Crippen LogP contribution in [0, 0.1) is 5.82 Å². The molecule has 1 heterocycles. The van der Waals surface area contributed by atoms with Crippen molar-refractivity contribution in [3.05, 3.63) is 50.4 Å². The van der Waals surface area contributed by atoms with Crippen molar-refractivity contribution in [2.75, 3.05) is 0 Å². The minimum absolute atomic E-state index is 0.340. The van der Waals surface area contributed by atoms with Gasteiger partial charge < -0.3 is 5.73 Å². The van der Waals surface area contributed by atoms with Crippen molar-refractivity contribution in [1.82, 2.24) is 9.78 Å². The van der Waals surface area contributed by atoms with Gasteiger partial charge in [0, 0.05) is 12.6 Å². The van der Waals surface area contributed by atoms with Gasteiger partial charge >= 0.3 is 0 Å². The predicted octanol–water partition coefficient (Wildman–Crippen LogP) is 3.13. The fourth-order valence-electron chi connectivity index (χ4n) is 1.68. The molecule has 1 aromatic carbocycles. The van der Waals surface area contributed by atoms with E-state index in [4.69, 9.17) is 5.73 Å². The summed E-state index contributed by atoms with van der Waals surface area (Å²) in [6.07, 6.45) is 1.64. The van der Waals surface area contributed by atoms with Crippen molar-refractivity contribution < 1.29 is 4.39 Å². The molecule has 3 nitrogen and oxygen atoms in total. The minimum atomic E-state index is -0.561. The van der Waals surface area contributed by atoms with Crippen molar-refractivity contribution in [2.24, 2.45) is 12.8 Å². The van der Waals surface area contributed by atoms with Crippen LogP contribution in [0.1, 0.15) is 17.3 Å². The number of nitrogens with zero attached hydrogens (tertiary/aromatic N) is 2. The van der Waals surface area contributed by atoms with Gasteiger partial charge in [-0.2, -0.15) is 5.10 Å². The van der Waals surface area contributed by atoms with E-state index >= 15 is 0 Å². The monoisotopic (exact) mass is 361 g/mol. The molecule has 0 bridgehead atoms. The second-order valence-electron chi connectivity index (χ2n) is 3.62. The molecule has 2 N–H and O–H groups in total. The predicted molar refractivity (Wildman–Crippen MR) is 71.0 cm³/mol. The summed E-state index contributed by atoms with van der Waals surface area (Å²) < 4.78 is 16.7. The number of nitrogens with two attached hydrogens (primary N) is 1. The zero-order valence-corrected chi connectivity index (χ0v) is 12.2. The highest BCUT2D eigenvalue weighted by atomic mass is 79.9. The van der Waals surface area contributed by atoms with Gasteiger partial charge in [0.1, 0.15) is 5.82 Å². The van der Waals surface area contributed by atoms with Crippen LogP contribution in [0.4, 0.5) is 4.39 Å². The average molecular weight is 363 g/mol. The molecule has 0 aliphatic heterocycles. The maximum Gasteiger partial charge on any atom is 0.142 e. The van der Waals surface area contributed by atoms with E-state index in [9.17, 15) is 4.39 Å². The first-order valence-electron chi connectivity index (χ1n) is 4.89. The summed E-state index contributed by atoms with van der Waals surface area (Å²) in [6.45, 7) is 0. The van der Waals surface area contributed by atoms with E-state index in [1.807, 2.05) is 0 Å². The first-order chi connectivity index (χ1) is 8.02. The molecule has 0 amide bonds. The third-order valence-corrected chi connectivity index (χ3v) is 3.77. The molecular formula is C11H10Br2FN3. The van der Waals surface area contributed by atoms with Gasteiger partial charge in [-0.05, 0) is 37.9 Å². The quantitative estimate of drug-likeness (QED) is 0.891. The second-order valence-corrected chi connectivity index (χ2v) is 5.33. The fourth-order valence-corrected chi connectivity index (χ4v) is 2.65. The van der Waals surface area contributed by atoms with E-state index in [2.05, 4.69) is 37.0 Å². The Morgan fingerprint density at radius 2 is 2.06 bits per heavy atom. The highest BCUT2D eigenvalue weighted by Crippen LogP contribution is 2.30. The van der Waals surface area contributed by atoms with Gasteiger partial charge in [0.05, 0.1) is 26.9 Å². The van der Waals surface area contributed by atoms with Crippen LogP contribution in [0.5, 0.6) is 0 Å². The topological polar surface area (TPSA) is 43.8 Å². The summed E-state index contributed by atoms with van der Waals surface area (Å²) in [5, 5.41) is 4.07. The smallest absolute Gasteiger partial charge is 0.142 e. The fraction of sp³-hybridized carbons (Fsp3) is 0.182. The Hall–Kier alpha value is -0.720. The lowest BCUT2D eigenvalue weighted by atomic mass is 10.0. The van der Waals surface area contributed by atoms with E-state index in [1.54, 1.807) is 36.1 Å². The standard InChI is InChI=1S/C11H10Br2FN3/c1-17-11(8(13)5-16-17)10(15)6-3-2-4-7(12)9(6)14/h2-5,10H,15H2,1H3. The molecule has 1 unspecified atom stereocenters. The molecule has 0 saturated heterocycles. The molecule has 2 aromatic rings. The summed E-state index contributed by atoms with van der Waals surface area (Å²) in [6, 6.07) is 4.51. The van der Waals surface area contributed by atoms with E-state index in [1.165, 1.54) is 0 Å². The van der Waals surface area contributed by atoms with Crippen molar-refractivity contribution in [3.63, 3.8) is 0 Å². The van der Waals surface area contributed by atoms with Crippen LogP contribution in [0.3, 0.4) is 0 Å². The number of halogens is 3. The van der Waals surface area contributed by atoms with Crippen molar-refractivity contribution in [2.45, 2.75) is 6.04 Å². The maximum atomic E-state index is 13.9. The van der Waals surface area contributed by atoms with E-state index in [0.29, 0.717) is 10.0 Å². The Bertz CT molecular complexity index is 534. The zero-order valence-electron chi connectivity index (χ0n) is 8.99. The number of benzene rings is 1. The zero-order chi connectivity index (χ0) is 12.6. The van der Waals surface area contributed by atoms with E-state index in [-0.39, 0.29) is 5.82 Å². The lowest BCUT2D eigenvalue weighted by molar-refractivity contribution is 0.580. The van der Waals surface area contributed by atoms with Gasteiger partial charge in [0.25, 0.3) is 0 Å². The molecule has 0 saturated carbocycles. The lowest BCUT2D eigenvalue weighted by Crippen LogP contribution is -2.18. The van der Waals surface area contributed by atoms with Gasteiger partial charge in [-0.1, -0.05) is 12.1 Å². The first kappa shape index (κ1) is 12.7. The molecule has 2 rings (SSSR count). The Morgan fingerprint density at radius 1 is 1.35 bits per heavy atom. The van der Waals surface area contributed by atoms with Crippen LogP contribution in [-0.4, -0.2) is 9.78 Å². The molecule has 0 fully saturated rings. The van der Waals surface area contributed by atoms with Crippen LogP contribution >= 0.6 is 31.9 Å². The van der Waals surface area contributed by atoms with Crippen molar-refractivity contribution in [1.29, 1.82) is 0 Å². The number of aromatic nitrogens is 2. The molecule has 0 aliphatic carbocycles. The highest BCUT2D eigenvalue weighted by Gasteiger charge is 2.20. The largest absolute Gasteiger partial charge is 0.319 e. The lowest BCUT2D eigenvalue weighted by Gasteiger charge is -2.14. The Kier molecular flexibility index (Phi) is 3.65. The van der Waals surface area contributed by atoms with Gasteiger partial charge in [0.2, 0.25) is 0 Å². The highest BCUT2D eigenvalue weighted by molar-refractivity contribution is 9.10. The molecule has 0 aliphatic rings. The van der Waals surface area contributed by atoms with Gasteiger partial charge in [-0.25, -0.2) is 4.39 Å². The van der Waals surface area contributed by atoms with E-state index < -0.39 is 6.04 Å². The first-order valence-corrected chi connectivity index (χ1v) is 6.48. The molecule has 0 spiro atoms. The maximum absolute atomic E-state index is 13.9. The number of hydrogen-bond donors (Lipinski definition) is 1. The number of hydrogen-bond acceptors (Lipinski definition) is 2. The molecule has 1 aromatic heterocycles. The van der Waals surface area contributed by atoms with Crippen LogP contribution in [-0.2, 0) is 7.05 Å². The van der Waals surface area contributed by atoms with Gasteiger partial charge in [-0.15, -0.1) is 0 Å². The van der Waals surface area contributed by atoms with Gasteiger partial charge in [0.15, 0.2) is 0 Å². The molecule has 6 heteroatoms. The summed E-state index contributed by atoms with van der Waals surface area (Å²) in [5.74, 6) is -0.340. The molecule has 1 atom stereocenters. The van der Waals surface area contributed by atoms with Crippen LogP contribution < -0.4 is 5.73 Å². The summed E-state index contributed by atoms with van der Waals surface area (Å²) in [7, 11) is 1.77. The van der Waals surface area contributed by atoms with Gasteiger partial charge in [-0.3, -0.25) is 4.68 Å². The Labute approximate surface area is 115 Å². The molecular weight excluding hydrogens is 353 g/mol. The van der Waals surface area contributed by atoms with Crippen LogP contribution in [0.15, 0.2) is 33.3 Å². The van der Waals surface area contributed by atoms with E-state index in [0.717, 1.165) is 10.2 Å². The normalized spacial score (nSPS) is 12.8. The van der Waals surface area contributed by atoms with Crippen LogP contribution in [0.25, 0.3) is 0 Å². The molecule has 17 heavy (non-hydrogen) atoms. The Balaban J connectivity index is 2.51. The minimum Gasteiger partial charge on any atom is -0.319 e. The number of rotatable bonds is 2. The number of aryl methyl sites for hydroxylation is 1. The SMILES string of the molecule is Cn1ncc(Br)c1C(N)c1cccc(Br)c1F. The molecule has 90 valence electrons. The van der Waals surface area contributed by atoms with Crippen LogP contribution in [0.2, 0.25) is 0 Å². The summed E-state index contributed by atoms with van der Waals surface area (Å²) in [4.78, 5) is 0. The summed E-state index contributed by atoms with van der Waals surface area (Å²) in [5.41, 5.74) is 7.25. The van der Waals surface area contributed by atoms with Crippen molar-refractivity contribution in [3.8, 4) is 0 Å². The summed E-state index contributed by atoms with van der Waals surface area (Å²) >= 11 is 6.51. The average Bonchev–Trinajstić information content (AvgIpc) is 2.62. The third-order valence-electron chi connectivity index (χ3n) is 2.55. The Morgan fingerprint density at radius 3 is 2.65 bits per heavy atom. The van der Waals surface area contributed by atoms with Crippen molar-refractivity contribution >= 4 is 31.9 Å². The molecule has 0 radical (unpaired) electrons. The second kappa shape index (κ2) is 4.88. The third kappa shape index (κ3) is 2.29.